The normalized spacial score (nSPS) is 26.7. The van der Waals surface area contributed by atoms with Gasteiger partial charge in [-0.25, -0.2) is 0 Å². The average molecular weight is 347 g/mol. The van der Waals surface area contributed by atoms with Crippen molar-refractivity contribution in [3.8, 4) is 0 Å². The van der Waals surface area contributed by atoms with Crippen LogP contribution >= 0.6 is 35.5 Å². The molecule has 0 bridgehead atoms. The topological polar surface area (TPSA) is 46.3 Å². The number of halogens is 1. The summed E-state index contributed by atoms with van der Waals surface area (Å²) in [7, 11) is 0. The summed E-state index contributed by atoms with van der Waals surface area (Å²) in [4.78, 5) is 16.5. The first kappa shape index (κ1) is 17.1. The van der Waals surface area contributed by atoms with E-state index in [1.807, 2.05) is 6.92 Å². The van der Waals surface area contributed by atoms with Crippen LogP contribution in [0.4, 0.5) is 0 Å². The molecule has 3 atom stereocenters. The van der Waals surface area contributed by atoms with E-state index in [-0.39, 0.29) is 35.6 Å². The van der Waals surface area contributed by atoms with Crippen molar-refractivity contribution >= 4 is 41.4 Å². The Balaban J connectivity index is 0.00000161. The summed E-state index contributed by atoms with van der Waals surface area (Å²) >= 11 is 3.59. The second-order valence-electron chi connectivity index (χ2n) is 5.75. The fraction of sp³-hybridized carbons (Fsp3) is 0.667. The minimum absolute atomic E-state index is 0. The zero-order chi connectivity index (χ0) is 14.1. The molecule has 0 aliphatic carbocycles. The number of piperidine rings is 1. The summed E-state index contributed by atoms with van der Waals surface area (Å²) in [6.45, 7) is 2.90. The lowest BCUT2D eigenvalue weighted by molar-refractivity contribution is -0.134. The summed E-state index contributed by atoms with van der Waals surface area (Å²) in [5, 5.41) is 2.13. The fourth-order valence-electron chi connectivity index (χ4n) is 3.28. The number of nitrogens with zero attached hydrogens (tertiary/aromatic N) is 1. The quantitative estimate of drug-likeness (QED) is 0.894. The maximum Gasteiger partial charge on any atom is 0.240 e. The zero-order valence-electron chi connectivity index (χ0n) is 12.3. The SMILES string of the molecule is CC(N)C1CCCCN1C(=O)C1SCCc2sccc21.Cl. The molecule has 1 amide bonds. The molecule has 0 aromatic carbocycles. The smallest absolute Gasteiger partial charge is 0.240 e. The molecule has 3 heterocycles. The molecule has 0 radical (unpaired) electrons. The number of nitrogens with two attached hydrogens (primary N) is 1. The van der Waals surface area contributed by atoms with Gasteiger partial charge in [0.15, 0.2) is 0 Å². The molecular weight excluding hydrogens is 324 g/mol. The van der Waals surface area contributed by atoms with Crippen LogP contribution in [0.15, 0.2) is 11.4 Å². The molecule has 1 aromatic heterocycles. The molecule has 2 aliphatic rings. The Kier molecular flexibility index (Phi) is 6.00. The molecule has 0 saturated carbocycles. The van der Waals surface area contributed by atoms with E-state index in [1.165, 1.54) is 16.9 Å². The lowest BCUT2D eigenvalue weighted by Crippen LogP contribution is -2.52. The van der Waals surface area contributed by atoms with Crippen LogP contribution in [0.3, 0.4) is 0 Å². The van der Waals surface area contributed by atoms with Crippen LogP contribution in [-0.4, -0.2) is 35.2 Å². The molecule has 3 nitrogen and oxygen atoms in total. The van der Waals surface area contributed by atoms with E-state index in [0.717, 1.165) is 31.6 Å². The molecule has 1 saturated heterocycles. The van der Waals surface area contributed by atoms with E-state index in [0.29, 0.717) is 0 Å². The van der Waals surface area contributed by atoms with Crippen molar-refractivity contribution < 1.29 is 4.79 Å². The van der Waals surface area contributed by atoms with Crippen molar-refractivity contribution in [1.29, 1.82) is 0 Å². The van der Waals surface area contributed by atoms with Crippen molar-refractivity contribution in [2.75, 3.05) is 12.3 Å². The van der Waals surface area contributed by atoms with Crippen LogP contribution < -0.4 is 5.73 Å². The average Bonchev–Trinajstić information content (AvgIpc) is 2.94. The highest BCUT2D eigenvalue weighted by Crippen LogP contribution is 2.41. The monoisotopic (exact) mass is 346 g/mol. The van der Waals surface area contributed by atoms with Crippen molar-refractivity contribution in [3.63, 3.8) is 0 Å². The highest BCUT2D eigenvalue weighted by molar-refractivity contribution is 8.00. The number of amides is 1. The van der Waals surface area contributed by atoms with E-state index in [9.17, 15) is 4.79 Å². The number of hydrogen-bond donors (Lipinski definition) is 1. The Labute approximate surface area is 141 Å². The second kappa shape index (κ2) is 7.36. The van der Waals surface area contributed by atoms with E-state index in [2.05, 4.69) is 16.3 Å². The van der Waals surface area contributed by atoms with E-state index in [1.54, 1.807) is 23.1 Å². The highest BCUT2D eigenvalue weighted by Gasteiger charge is 2.36. The van der Waals surface area contributed by atoms with Gasteiger partial charge in [-0.3, -0.25) is 4.79 Å². The summed E-state index contributed by atoms with van der Waals surface area (Å²) in [6.07, 6.45) is 4.47. The molecule has 1 fully saturated rings. The van der Waals surface area contributed by atoms with E-state index in [4.69, 9.17) is 5.73 Å². The number of hydrogen-bond acceptors (Lipinski definition) is 4. The molecular formula is C15H23ClN2OS2. The Morgan fingerprint density at radius 2 is 2.29 bits per heavy atom. The number of fused-ring (bicyclic) bond motifs is 1. The molecule has 118 valence electrons. The van der Waals surface area contributed by atoms with Gasteiger partial charge in [-0.2, -0.15) is 0 Å². The third kappa shape index (κ3) is 3.41. The van der Waals surface area contributed by atoms with E-state index >= 15 is 0 Å². The zero-order valence-corrected chi connectivity index (χ0v) is 14.7. The first-order valence-electron chi connectivity index (χ1n) is 7.42. The molecule has 2 aliphatic heterocycles. The summed E-state index contributed by atoms with van der Waals surface area (Å²) in [5.41, 5.74) is 7.36. The van der Waals surface area contributed by atoms with Crippen molar-refractivity contribution in [1.82, 2.24) is 4.90 Å². The molecule has 6 heteroatoms. The lowest BCUT2D eigenvalue weighted by atomic mass is 9.96. The third-order valence-corrected chi connectivity index (χ3v) is 6.56. The second-order valence-corrected chi connectivity index (χ2v) is 7.97. The van der Waals surface area contributed by atoms with Gasteiger partial charge in [0.25, 0.3) is 0 Å². The van der Waals surface area contributed by atoms with Crippen LogP contribution in [0.5, 0.6) is 0 Å². The molecule has 2 N–H and O–H groups in total. The first-order valence-corrected chi connectivity index (χ1v) is 9.35. The Hall–Kier alpha value is -0.230. The maximum absolute atomic E-state index is 13.0. The van der Waals surface area contributed by atoms with Crippen molar-refractivity contribution in [2.24, 2.45) is 5.73 Å². The molecule has 3 unspecified atom stereocenters. The van der Waals surface area contributed by atoms with E-state index < -0.39 is 0 Å². The number of carbonyl (C=O) groups is 1. The molecule has 3 rings (SSSR count). The van der Waals surface area contributed by atoms with Gasteiger partial charge in [0.05, 0.1) is 0 Å². The Morgan fingerprint density at radius 3 is 3.05 bits per heavy atom. The largest absolute Gasteiger partial charge is 0.337 e. The fourth-order valence-corrected chi connectivity index (χ4v) is 5.64. The van der Waals surface area contributed by atoms with Crippen molar-refractivity contribution in [3.05, 3.63) is 21.9 Å². The number of likely N-dealkylation sites (tertiary alicyclic amines) is 1. The number of carbonyl (C=O) groups excluding carboxylic acids is 1. The van der Waals surface area contributed by atoms with Crippen LogP contribution in [0, 0.1) is 0 Å². The molecule has 1 aromatic rings. The molecule has 21 heavy (non-hydrogen) atoms. The predicted molar refractivity (Wildman–Crippen MR) is 93.5 cm³/mol. The van der Waals surface area contributed by atoms with Gasteiger partial charge in [-0.05, 0) is 55.4 Å². The minimum atomic E-state index is 0. The van der Waals surface area contributed by atoms with Gasteiger partial charge >= 0.3 is 0 Å². The number of rotatable bonds is 2. The highest BCUT2D eigenvalue weighted by atomic mass is 35.5. The predicted octanol–water partition coefficient (Wildman–Crippen LogP) is 3.23. The van der Waals surface area contributed by atoms with Crippen LogP contribution in [0.1, 0.15) is 41.9 Å². The number of aryl methyl sites for hydroxylation is 1. The lowest BCUT2D eigenvalue weighted by Gasteiger charge is -2.40. The van der Waals surface area contributed by atoms with Crippen LogP contribution in [0.25, 0.3) is 0 Å². The van der Waals surface area contributed by atoms with Crippen LogP contribution in [-0.2, 0) is 11.2 Å². The third-order valence-electron chi connectivity index (χ3n) is 4.34. The van der Waals surface area contributed by atoms with Gasteiger partial charge < -0.3 is 10.6 Å². The Bertz CT molecular complexity index is 492. The van der Waals surface area contributed by atoms with Gasteiger partial charge in [-0.1, -0.05) is 0 Å². The first-order chi connectivity index (χ1) is 9.68. The van der Waals surface area contributed by atoms with Gasteiger partial charge in [0.1, 0.15) is 5.25 Å². The summed E-state index contributed by atoms with van der Waals surface area (Å²) in [5.74, 6) is 1.34. The summed E-state index contributed by atoms with van der Waals surface area (Å²) < 4.78 is 0. The van der Waals surface area contributed by atoms with Gasteiger partial charge in [-0.15, -0.1) is 35.5 Å². The van der Waals surface area contributed by atoms with Crippen LogP contribution in [0.2, 0.25) is 0 Å². The van der Waals surface area contributed by atoms with Gasteiger partial charge in [0, 0.05) is 23.5 Å². The maximum atomic E-state index is 13.0. The minimum Gasteiger partial charge on any atom is -0.337 e. The Morgan fingerprint density at radius 1 is 1.48 bits per heavy atom. The van der Waals surface area contributed by atoms with Crippen molar-refractivity contribution in [2.45, 2.75) is 49.9 Å². The van der Waals surface area contributed by atoms with Gasteiger partial charge in [0.2, 0.25) is 5.91 Å². The number of thioether (sulfide) groups is 1. The molecule has 0 spiro atoms. The number of thiophene rings is 1. The summed E-state index contributed by atoms with van der Waals surface area (Å²) in [6, 6.07) is 2.43. The standard InChI is InChI=1S/C15H22N2OS2.ClH/c1-10(16)12-4-2-3-7-17(12)15(18)14-11-5-8-19-13(11)6-9-20-14;/h5,8,10,12,14H,2-4,6-7,9,16H2,1H3;1H.